The number of ether oxygens (including phenoxy) is 1. The molecule has 2 aromatic carbocycles. The molecule has 20 heavy (non-hydrogen) atoms. The van der Waals surface area contributed by atoms with Crippen LogP contribution in [0, 0.1) is 6.92 Å². The molecule has 0 saturated carbocycles. The second kappa shape index (κ2) is 6.91. The lowest BCUT2D eigenvalue weighted by Crippen LogP contribution is -2.22. The van der Waals surface area contributed by atoms with Gasteiger partial charge in [-0.05, 0) is 36.7 Å². The number of aryl methyl sites for hydroxylation is 1. The van der Waals surface area contributed by atoms with Crippen LogP contribution in [0.2, 0.25) is 0 Å². The average molecular weight is 334 g/mol. The van der Waals surface area contributed by atoms with Gasteiger partial charge < -0.3 is 10.1 Å². The lowest BCUT2D eigenvalue weighted by atomic mass is 9.96. The summed E-state index contributed by atoms with van der Waals surface area (Å²) in [5, 5.41) is 3.54. The maximum absolute atomic E-state index is 5.50. The van der Waals surface area contributed by atoms with Crippen LogP contribution in [0.15, 0.2) is 46.9 Å². The fourth-order valence-electron chi connectivity index (χ4n) is 2.36. The first-order valence-corrected chi connectivity index (χ1v) is 7.59. The zero-order valence-electron chi connectivity index (χ0n) is 12.1. The van der Waals surface area contributed by atoms with E-state index in [0.717, 1.165) is 16.8 Å². The van der Waals surface area contributed by atoms with Crippen LogP contribution >= 0.6 is 15.9 Å². The van der Waals surface area contributed by atoms with Crippen molar-refractivity contribution in [1.82, 2.24) is 5.32 Å². The molecule has 0 aliphatic heterocycles. The Morgan fingerprint density at radius 2 is 1.95 bits per heavy atom. The van der Waals surface area contributed by atoms with E-state index in [4.69, 9.17) is 4.74 Å². The largest absolute Gasteiger partial charge is 0.496 e. The van der Waals surface area contributed by atoms with Gasteiger partial charge in [0.2, 0.25) is 0 Å². The minimum atomic E-state index is 0.142. The Balaban J connectivity index is 2.47. The Hall–Kier alpha value is -1.32. The van der Waals surface area contributed by atoms with Gasteiger partial charge >= 0.3 is 0 Å². The fraction of sp³-hybridized carbons (Fsp3) is 0.294. The molecule has 0 aliphatic rings. The lowest BCUT2D eigenvalue weighted by molar-refractivity contribution is 0.404. The van der Waals surface area contributed by atoms with E-state index >= 15 is 0 Å². The Morgan fingerprint density at radius 3 is 2.60 bits per heavy atom. The second-order valence-corrected chi connectivity index (χ2v) is 5.60. The highest BCUT2D eigenvalue weighted by molar-refractivity contribution is 9.10. The molecule has 0 amide bonds. The smallest absolute Gasteiger partial charge is 0.123 e. The van der Waals surface area contributed by atoms with E-state index in [1.807, 2.05) is 18.2 Å². The first kappa shape index (κ1) is 15.1. The van der Waals surface area contributed by atoms with Gasteiger partial charge in [-0.25, -0.2) is 0 Å². The van der Waals surface area contributed by atoms with Crippen molar-refractivity contribution in [3.8, 4) is 5.75 Å². The number of hydrogen-bond donors (Lipinski definition) is 1. The number of benzene rings is 2. The number of rotatable bonds is 5. The van der Waals surface area contributed by atoms with Gasteiger partial charge in [0.25, 0.3) is 0 Å². The van der Waals surface area contributed by atoms with Gasteiger partial charge in [0.1, 0.15) is 5.75 Å². The predicted octanol–water partition coefficient (Wildman–Crippen LogP) is 4.47. The van der Waals surface area contributed by atoms with Crippen LogP contribution in [0.3, 0.4) is 0 Å². The molecule has 3 heteroatoms. The molecule has 0 heterocycles. The first-order valence-electron chi connectivity index (χ1n) is 6.79. The van der Waals surface area contributed by atoms with E-state index in [1.54, 1.807) is 7.11 Å². The van der Waals surface area contributed by atoms with Crippen molar-refractivity contribution in [2.75, 3.05) is 13.7 Å². The number of para-hydroxylation sites is 1. The molecule has 2 nitrogen and oxygen atoms in total. The molecule has 0 spiro atoms. The van der Waals surface area contributed by atoms with E-state index in [9.17, 15) is 0 Å². The van der Waals surface area contributed by atoms with Gasteiger partial charge in [-0.15, -0.1) is 0 Å². The van der Waals surface area contributed by atoms with E-state index in [2.05, 4.69) is 59.4 Å². The standard InChI is InChI=1S/C17H20BrNO/c1-4-19-17(13-9-10-15(18)12(2)11-13)14-7-5-6-8-16(14)20-3/h5-11,17,19H,4H2,1-3H3. The Labute approximate surface area is 129 Å². The summed E-state index contributed by atoms with van der Waals surface area (Å²) in [4.78, 5) is 0. The summed E-state index contributed by atoms with van der Waals surface area (Å²) >= 11 is 3.56. The topological polar surface area (TPSA) is 21.3 Å². The monoisotopic (exact) mass is 333 g/mol. The minimum Gasteiger partial charge on any atom is -0.496 e. The summed E-state index contributed by atoms with van der Waals surface area (Å²) in [6.07, 6.45) is 0. The molecule has 0 radical (unpaired) electrons. The molecule has 1 unspecified atom stereocenters. The third-order valence-electron chi connectivity index (χ3n) is 3.37. The molecule has 0 fully saturated rings. The van der Waals surface area contributed by atoms with Gasteiger partial charge in [-0.3, -0.25) is 0 Å². The third kappa shape index (κ3) is 3.22. The van der Waals surface area contributed by atoms with Crippen LogP contribution in [0.5, 0.6) is 5.75 Å². The number of methoxy groups -OCH3 is 1. The maximum atomic E-state index is 5.50. The molecule has 0 saturated heterocycles. The minimum absolute atomic E-state index is 0.142. The second-order valence-electron chi connectivity index (χ2n) is 4.74. The number of hydrogen-bond acceptors (Lipinski definition) is 2. The van der Waals surface area contributed by atoms with Gasteiger partial charge in [-0.1, -0.05) is 53.2 Å². The summed E-state index contributed by atoms with van der Waals surface area (Å²) in [7, 11) is 1.72. The van der Waals surface area contributed by atoms with Crippen LogP contribution in [0.4, 0.5) is 0 Å². The average Bonchev–Trinajstić information content (AvgIpc) is 2.48. The van der Waals surface area contributed by atoms with Crippen LogP contribution in [0.1, 0.15) is 29.7 Å². The predicted molar refractivity (Wildman–Crippen MR) is 87.4 cm³/mol. The van der Waals surface area contributed by atoms with Crippen molar-refractivity contribution >= 4 is 15.9 Å². The summed E-state index contributed by atoms with van der Waals surface area (Å²) in [5.41, 5.74) is 3.65. The Morgan fingerprint density at radius 1 is 1.20 bits per heavy atom. The molecule has 106 valence electrons. The van der Waals surface area contributed by atoms with Crippen molar-refractivity contribution in [3.63, 3.8) is 0 Å². The Kier molecular flexibility index (Phi) is 5.21. The summed E-state index contributed by atoms with van der Waals surface area (Å²) in [6.45, 7) is 5.13. The maximum Gasteiger partial charge on any atom is 0.123 e. The van der Waals surface area contributed by atoms with Crippen molar-refractivity contribution in [1.29, 1.82) is 0 Å². The molecule has 2 aromatic rings. The highest BCUT2D eigenvalue weighted by Crippen LogP contribution is 2.31. The highest BCUT2D eigenvalue weighted by atomic mass is 79.9. The van der Waals surface area contributed by atoms with Crippen molar-refractivity contribution in [2.24, 2.45) is 0 Å². The van der Waals surface area contributed by atoms with Crippen molar-refractivity contribution in [2.45, 2.75) is 19.9 Å². The number of halogens is 1. The normalized spacial score (nSPS) is 12.2. The van der Waals surface area contributed by atoms with Gasteiger partial charge in [0.05, 0.1) is 13.2 Å². The van der Waals surface area contributed by atoms with Gasteiger partial charge in [0, 0.05) is 10.0 Å². The quantitative estimate of drug-likeness (QED) is 0.871. The third-order valence-corrected chi connectivity index (χ3v) is 4.26. The summed E-state index contributed by atoms with van der Waals surface area (Å²) in [6, 6.07) is 14.8. The molecule has 2 rings (SSSR count). The fourth-order valence-corrected chi connectivity index (χ4v) is 2.61. The van der Waals surface area contributed by atoms with Crippen LogP contribution in [0.25, 0.3) is 0 Å². The van der Waals surface area contributed by atoms with Crippen molar-refractivity contribution < 1.29 is 4.74 Å². The molecular weight excluding hydrogens is 314 g/mol. The molecule has 1 atom stereocenters. The highest BCUT2D eigenvalue weighted by Gasteiger charge is 2.17. The molecular formula is C17H20BrNO. The SMILES string of the molecule is CCNC(c1ccc(Br)c(C)c1)c1ccccc1OC. The molecule has 0 bridgehead atoms. The van der Waals surface area contributed by atoms with E-state index < -0.39 is 0 Å². The van der Waals surface area contributed by atoms with Crippen molar-refractivity contribution in [3.05, 3.63) is 63.6 Å². The number of nitrogens with one attached hydrogen (secondary N) is 1. The molecule has 0 aromatic heterocycles. The zero-order valence-corrected chi connectivity index (χ0v) is 13.7. The van der Waals surface area contributed by atoms with Crippen LogP contribution in [-0.2, 0) is 0 Å². The van der Waals surface area contributed by atoms with E-state index in [1.165, 1.54) is 16.7 Å². The van der Waals surface area contributed by atoms with Gasteiger partial charge in [-0.2, -0.15) is 0 Å². The first-order chi connectivity index (χ1) is 9.67. The molecule has 0 aliphatic carbocycles. The van der Waals surface area contributed by atoms with E-state index in [-0.39, 0.29) is 6.04 Å². The molecule has 1 N–H and O–H groups in total. The van der Waals surface area contributed by atoms with Crippen LogP contribution in [-0.4, -0.2) is 13.7 Å². The van der Waals surface area contributed by atoms with Crippen LogP contribution < -0.4 is 10.1 Å². The zero-order chi connectivity index (χ0) is 14.5. The summed E-state index contributed by atoms with van der Waals surface area (Å²) in [5.74, 6) is 0.916. The lowest BCUT2D eigenvalue weighted by Gasteiger charge is -2.22. The Bertz CT molecular complexity index is 583. The summed E-state index contributed by atoms with van der Waals surface area (Å²) < 4.78 is 6.63. The van der Waals surface area contributed by atoms with Gasteiger partial charge in [0.15, 0.2) is 0 Å². The van der Waals surface area contributed by atoms with E-state index in [0.29, 0.717) is 0 Å².